The third-order valence-electron chi connectivity index (χ3n) is 5.90. The third-order valence-corrected chi connectivity index (χ3v) is 5.90. The van der Waals surface area contributed by atoms with Crippen LogP contribution in [0, 0.1) is 34.5 Å². The molecule has 1 N–H and O–H groups in total. The SMILES string of the molecule is CCC(CC#N)NC(=O)CC12CC3CC(CC(C3)C1)C2. The lowest BCUT2D eigenvalue weighted by Crippen LogP contribution is -2.48. The first-order valence-corrected chi connectivity index (χ1v) is 8.29. The molecule has 3 heteroatoms. The van der Waals surface area contributed by atoms with Crippen molar-refractivity contribution in [1.29, 1.82) is 5.26 Å². The van der Waals surface area contributed by atoms with Gasteiger partial charge in [-0.2, -0.15) is 5.26 Å². The van der Waals surface area contributed by atoms with Crippen molar-refractivity contribution in [1.82, 2.24) is 5.32 Å². The van der Waals surface area contributed by atoms with Gasteiger partial charge in [-0.05, 0) is 68.1 Å². The Bertz CT molecular complexity index is 388. The molecule has 0 aliphatic heterocycles. The van der Waals surface area contributed by atoms with E-state index in [1.54, 1.807) is 0 Å². The monoisotopic (exact) mass is 274 g/mol. The highest BCUT2D eigenvalue weighted by Crippen LogP contribution is 2.61. The Morgan fingerprint density at radius 3 is 2.25 bits per heavy atom. The maximum Gasteiger partial charge on any atom is 0.220 e. The van der Waals surface area contributed by atoms with Crippen LogP contribution in [0.5, 0.6) is 0 Å². The maximum absolute atomic E-state index is 12.4. The van der Waals surface area contributed by atoms with Gasteiger partial charge in [0.05, 0.1) is 12.5 Å². The summed E-state index contributed by atoms with van der Waals surface area (Å²) in [5, 5.41) is 11.9. The van der Waals surface area contributed by atoms with E-state index in [2.05, 4.69) is 11.4 Å². The van der Waals surface area contributed by atoms with E-state index >= 15 is 0 Å². The zero-order valence-electron chi connectivity index (χ0n) is 12.5. The van der Waals surface area contributed by atoms with Gasteiger partial charge in [0.25, 0.3) is 0 Å². The van der Waals surface area contributed by atoms with Gasteiger partial charge in [0, 0.05) is 12.5 Å². The molecule has 0 aromatic heterocycles. The van der Waals surface area contributed by atoms with Crippen molar-refractivity contribution in [2.75, 3.05) is 0 Å². The Morgan fingerprint density at radius 2 is 1.80 bits per heavy atom. The molecule has 0 radical (unpaired) electrons. The van der Waals surface area contributed by atoms with Gasteiger partial charge >= 0.3 is 0 Å². The molecule has 4 aliphatic carbocycles. The average Bonchev–Trinajstić information content (AvgIpc) is 2.35. The molecular weight excluding hydrogens is 248 g/mol. The minimum Gasteiger partial charge on any atom is -0.352 e. The molecule has 1 unspecified atom stereocenters. The second-order valence-corrected chi connectivity index (χ2v) is 7.63. The molecule has 110 valence electrons. The molecule has 0 aromatic carbocycles. The summed E-state index contributed by atoms with van der Waals surface area (Å²) in [6, 6.07) is 2.21. The van der Waals surface area contributed by atoms with Gasteiger partial charge in [0.2, 0.25) is 5.91 Å². The predicted octanol–water partition coefficient (Wildman–Crippen LogP) is 3.40. The minimum absolute atomic E-state index is 0.0430. The highest BCUT2D eigenvalue weighted by molar-refractivity contribution is 5.77. The molecule has 0 heterocycles. The molecule has 4 fully saturated rings. The van der Waals surface area contributed by atoms with Gasteiger partial charge in [0.1, 0.15) is 0 Å². The smallest absolute Gasteiger partial charge is 0.220 e. The first kappa shape index (κ1) is 13.9. The first-order chi connectivity index (χ1) is 9.62. The Balaban J connectivity index is 1.60. The molecule has 1 atom stereocenters. The number of hydrogen-bond donors (Lipinski definition) is 1. The topological polar surface area (TPSA) is 52.9 Å². The van der Waals surface area contributed by atoms with Crippen molar-refractivity contribution in [2.45, 2.75) is 70.8 Å². The van der Waals surface area contributed by atoms with Crippen LogP contribution in [0.3, 0.4) is 0 Å². The van der Waals surface area contributed by atoms with Gasteiger partial charge in [-0.15, -0.1) is 0 Å². The number of nitrogens with one attached hydrogen (secondary N) is 1. The number of carbonyl (C=O) groups is 1. The fourth-order valence-corrected chi connectivity index (χ4v) is 5.53. The van der Waals surface area contributed by atoms with Crippen molar-refractivity contribution < 1.29 is 4.79 Å². The number of rotatable bonds is 5. The molecule has 3 nitrogen and oxygen atoms in total. The summed E-state index contributed by atoms with van der Waals surface area (Å²) in [4.78, 5) is 12.4. The van der Waals surface area contributed by atoms with Gasteiger partial charge in [-0.1, -0.05) is 6.92 Å². The number of nitrogens with zero attached hydrogens (tertiary/aromatic N) is 1. The van der Waals surface area contributed by atoms with Crippen molar-refractivity contribution in [3.63, 3.8) is 0 Å². The molecule has 0 aromatic rings. The normalized spacial score (nSPS) is 39.3. The van der Waals surface area contributed by atoms with Crippen LogP contribution in [0.2, 0.25) is 0 Å². The van der Waals surface area contributed by atoms with Crippen LogP contribution in [0.1, 0.15) is 64.7 Å². The van der Waals surface area contributed by atoms with E-state index in [-0.39, 0.29) is 11.9 Å². The van der Waals surface area contributed by atoms with E-state index in [0.717, 1.165) is 24.2 Å². The fourth-order valence-electron chi connectivity index (χ4n) is 5.53. The molecule has 1 amide bonds. The molecule has 4 bridgehead atoms. The lowest BCUT2D eigenvalue weighted by molar-refractivity contribution is -0.130. The lowest BCUT2D eigenvalue weighted by atomic mass is 9.49. The van der Waals surface area contributed by atoms with Crippen LogP contribution >= 0.6 is 0 Å². The second kappa shape index (κ2) is 5.39. The van der Waals surface area contributed by atoms with Crippen LogP contribution in [0.4, 0.5) is 0 Å². The zero-order valence-corrected chi connectivity index (χ0v) is 12.5. The van der Waals surface area contributed by atoms with Crippen LogP contribution in [-0.2, 0) is 4.79 Å². The second-order valence-electron chi connectivity index (χ2n) is 7.63. The lowest BCUT2D eigenvalue weighted by Gasteiger charge is -2.56. The molecule has 20 heavy (non-hydrogen) atoms. The van der Waals surface area contributed by atoms with E-state index in [1.807, 2.05) is 6.92 Å². The quantitative estimate of drug-likeness (QED) is 0.835. The standard InChI is InChI=1S/C17H26N2O/c1-2-15(3-4-18)19-16(20)11-17-8-12-5-13(9-17)7-14(6-12)10-17/h12-15H,2-3,5-11H2,1H3,(H,19,20). The van der Waals surface area contributed by atoms with E-state index in [1.165, 1.54) is 38.5 Å². The molecule has 4 rings (SSSR count). The van der Waals surface area contributed by atoms with E-state index < -0.39 is 0 Å². The van der Waals surface area contributed by atoms with E-state index in [9.17, 15) is 4.79 Å². The van der Waals surface area contributed by atoms with Gasteiger partial charge in [0.15, 0.2) is 0 Å². The van der Waals surface area contributed by atoms with Crippen molar-refractivity contribution >= 4 is 5.91 Å². The highest BCUT2D eigenvalue weighted by atomic mass is 16.1. The summed E-state index contributed by atoms with van der Waals surface area (Å²) >= 11 is 0. The predicted molar refractivity (Wildman–Crippen MR) is 77.7 cm³/mol. The Labute approximate surface area is 122 Å². The summed E-state index contributed by atoms with van der Waals surface area (Å²) in [7, 11) is 0. The van der Waals surface area contributed by atoms with Crippen LogP contribution in [0.25, 0.3) is 0 Å². The van der Waals surface area contributed by atoms with Crippen molar-refractivity contribution in [3.8, 4) is 6.07 Å². The molecule has 0 saturated heterocycles. The summed E-state index contributed by atoms with van der Waals surface area (Å²) in [6.07, 6.45) is 10.1. The number of carbonyl (C=O) groups excluding carboxylic acids is 1. The van der Waals surface area contributed by atoms with E-state index in [0.29, 0.717) is 18.3 Å². The third kappa shape index (κ3) is 2.71. The Hall–Kier alpha value is -1.04. The minimum atomic E-state index is 0.0430. The van der Waals surface area contributed by atoms with Crippen molar-refractivity contribution in [2.24, 2.45) is 23.2 Å². The molecular formula is C17H26N2O. The summed E-state index contributed by atoms with van der Waals surface area (Å²) in [5.74, 6) is 2.88. The van der Waals surface area contributed by atoms with Crippen LogP contribution in [-0.4, -0.2) is 11.9 Å². The number of amides is 1. The molecule has 0 spiro atoms. The van der Waals surface area contributed by atoms with Gasteiger partial charge in [-0.25, -0.2) is 0 Å². The largest absolute Gasteiger partial charge is 0.352 e. The summed E-state index contributed by atoms with van der Waals surface area (Å²) in [6.45, 7) is 2.03. The number of hydrogen-bond acceptors (Lipinski definition) is 2. The summed E-state index contributed by atoms with van der Waals surface area (Å²) in [5.41, 5.74) is 0.309. The first-order valence-electron chi connectivity index (χ1n) is 8.29. The van der Waals surface area contributed by atoms with Gasteiger partial charge in [-0.3, -0.25) is 4.79 Å². The average molecular weight is 274 g/mol. The molecule has 4 saturated carbocycles. The fraction of sp³-hybridized carbons (Fsp3) is 0.882. The highest BCUT2D eigenvalue weighted by Gasteiger charge is 2.51. The number of nitriles is 1. The zero-order chi connectivity index (χ0) is 14.2. The molecule has 4 aliphatic rings. The van der Waals surface area contributed by atoms with Crippen LogP contribution in [0.15, 0.2) is 0 Å². The Morgan fingerprint density at radius 1 is 1.25 bits per heavy atom. The van der Waals surface area contributed by atoms with E-state index in [4.69, 9.17) is 5.26 Å². The summed E-state index contributed by atoms with van der Waals surface area (Å²) < 4.78 is 0. The van der Waals surface area contributed by atoms with Gasteiger partial charge < -0.3 is 5.32 Å². The van der Waals surface area contributed by atoms with Crippen molar-refractivity contribution in [3.05, 3.63) is 0 Å². The Kier molecular flexibility index (Phi) is 3.75. The maximum atomic E-state index is 12.4. The van der Waals surface area contributed by atoms with Crippen LogP contribution < -0.4 is 5.32 Å².